The van der Waals surface area contributed by atoms with Crippen molar-refractivity contribution in [2.24, 2.45) is 5.92 Å². The number of aromatic nitrogens is 1. The number of halogens is 1. The number of rotatable bonds is 9. The second-order valence-corrected chi connectivity index (χ2v) is 9.30. The highest BCUT2D eigenvalue weighted by atomic mass is 35.5. The molecule has 6 heteroatoms. The Morgan fingerprint density at radius 2 is 2.09 bits per heavy atom. The van der Waals surface area contributed by atoms with Crippen LogP contribution in [0.2, 0.25) is 5.02 Å². The van der Waals surface area contributed by atoms with Gasteiger partial charge in [-0.05, 0) is 55.9 Å². The predicted molar refractivity (Wildman–Crippen MR) is 132 cm³/mol. The number of para-hydroxylation sites is 1. The molecule has 1 amide bonds. The van der Waals surface area contributed by atoms with Crippen molar-refractivity contribution in [3.05, 3.63) is 65.3 Å². The monoisotopic (exact) mass is 466 g/mol. The fourth-order valence-electron chi connectivity index (χ4n) is 5.08. The third-order valence-corrected chi connectivity index (χ3v) is 7.11. The van der Waals surface area contributed by atoms with E-state index < -0.39 is 5.60 Å². The second kappa shape index (κ2) is 10.6. The third kappa shape index (κ3) is 5.06. The summed E-state index contributed by atoms with van der Waals surface area (Å²) in [5.41, 5.74) is 2.30. The van der Waals surface area contributed by atoms with Crippen molar-refractivity contribution in [2.75, 3.05) is 26.8 Å². The molecule has 0 aliphatic carbocycles. The highest BCUT2D eigenvalue weighted by molar-refractivity contribution is 6.33. The van der Waals surface area contributed by atoms with E-state index in [1.165, 1.54) is 0 Å². The van der Waals surface area contributed by atoms with Gasteiger partial charge in [0.05, 0.1) is 11.1 Å². The highest BCUT2D eigenvalue weighted by Gasteiger charge is 2.42. The molecule has 0 saturated carbocycles. The number of piperidine rings is 1. The quantitative estimate of drug-likeness (QED) is 0.337. The summed E-state index contributed by atoms with van der Waals surface area (Å²) in [6, 6.07) is 15.8. The first-order valence-electron chi connectivity index (χ1n) is 11.6. The number of unbranched alkanes of at least 4 members (excludes halogenated alkanes) is 1. The summed E-state index contributed by atoms with van der Waals surface area (Å²) in [5, 5.41) is 13.9. The molecule has 1 saturated heterocycles. The Balaban J connectivity index is 1.80. The van der Waals surface area contributed by atoms with Gasteiger partial charge in [0.15, 0.2) is 0 Å². The van der Waals surface area contributed by atoms with Crippen LogP contribution in [0.1, 0.15) is 37.7 Å². The van der Waals surface area contributed by atoms with Gasteiger partial charge in [-0.3, -0.25) is 9.78 Å². The summed E-state index contributed by atoms with van der Waals surface area (Å²) < 4.78 is 5.23. The van der Waals surface area contributed by atoms with E-state index in [2.05, 4.69) is 11.1 Å². The number of pyridine rings is 1. The molecule has 2 heterocycles. The number of likely N-dealkylation sites (tertiary alicyclic amines) is 1. The van der Waals surface area contributed by atoms with Crippen LogP contribution < -0.4 is 0 Å². The number of fused-ring (bicyclic) bond motifs is 1. The van der Waals surface area contributed by atoms with Crippen LogP contribution in [0.4, 0.5) is 0 Å². The Morgan fingerprint density at radius 3 is 2.91 bits per heavy atom. The maximum Gasteiger partial charge on any atom is 0.209 e. The van der Waals surface area contributed by atoms with E-state index in [4.69, 9.17) is 16.3 Å². The van der Waals surface area contributed by atoms with Gasteiger partial charge in [-0.15, -0.1) is 0 Å². The van der Waals surface area contributed by atoms with Crippen molar-refractivity contribution in [3.8, 4) is 11.1 Å². The minimum Gasteiger partial charge on any atom is -0.385 e. The summed E-state index contributed by atoms with van der Waals surface area (Å²) in [6.45, 7) is 1.92. The molecule has 1 N–H and O–H groups in total. The lowest BCUT2D eigenvalue weighted by Crippen LogP contribution is -2.46. The van der Waals surface area contributed by atoms with Crippen molar-refractivity contribution < 1.29 is 14.6 Å². The van der Waals surface area contributed by atoms with Gasteiger partial charge in [-0.2, -0.15) is 0 Å². The van der Waals surface area contributed by atoms with E-state index in [0.717, 1.165) is 66.2 Å². The molecule has 1 aliphatic rings. The molecule has 33 heavy (non-hydrogen) atoms. The number of carbonyl (C=O) groups excluding carboxylic acids is 1. The average Bonchev–Trinajstić information content (AvgIpc) is 2.86. The van der Waals surface area contributed by atoms with Crippen LogP contribution in [0, 0.1) is 5.92 Å². The van der Waals surface area contributed by atoms with Crippen molar-refractivity contribution in [2.45, 2.75) is 37.7 Å². The first-order valence-corrected chi connectivity index (χ1v) is 12.0. The normalized spacial score (nSPS) is 18.3. The van der Waals surface area contributed by atoms with Crippen molar-refractivity contribution >= 4 is 28.9 Å². The van der Waals surface area contributed by atoms with E-state index in [0.29, 0.717) is 24.6 Å². The smallest absolute Gasteiger partial charge is 0.209 e. The lowest BCUT2D eigenvalue weighted by atomic mass is 9.72. The average molecular weight is 467 g/mol. The first kappa shape index (κ1) is 23.7. The third-order valence-electron chi connectivity index (χ3n) is 6.79. The number of amides is 1. The fourth-order valence-corrected chi connectivity index (χ4v) is 5.36. The molecule has 1 aromatic heterocycles. The first-order chi connectivity index (χ1) is 16.1. The van der Waals surface area contributed by atoms with E-state index in [9.17, 15) is 9.90 Å². The van der Waals surface area contributed by atoms with E-state index in [1.54, 1.807) is 12.0 Å². The molecule has 3 aromatic rings. The van der Waals surface area contributed by atoms with Crippen LogP contribution in [-0.2, 0) is 15.1 Å². The highest BCUT2D eigenvalue weighted by Crippen LogP contribution is 2.45. The summed E-state index contributed by atoms with van der Waals surface area (Å²) in [7, 11) is 1.69. The Hall–Kier alpha value is -2.47. The number of hydrogen-bond donors (Lipinski definition) is 1. The molecule has 0 spiro atoms. The van der Waals surface area contributed by atoms with E-state index in [1.807, 2.05) is 48.7 Å². The molecule has 174 valence electrons. The molecule has 2 atom stereocenters. The van der Waals surface area contributed by atoms with E-state index in [-0.39, 0.29) is 5.92 Å². The number of carbonyl (C=O) groups is 1. The SMILES string of the molecule is COCCCC[C@@](O)(c1cccc(Cl)c1-c1cnc2ccccc2c1)C1CCCN(C=O)C1. The summed E-state index contributed by atoms with van der Waals surface area (Å²) in [4.78, 5) is 17.9. The molecule has 1 unspecified atom stereocenters. The number of aliphatic hydroxyl groups is 1. The molecule has 5 nitrogen and oxygen atoms in total. The number of methoxy groups -OCH3 is 1. The number of hydrogen-bond acceptors (Lipinski definition) is 4. The minimum atomic E-state index is -1.12. The summed E-state index contributed by atoms with van der Waals surface area (Å²) in [5.74, 6) is -0.0790. The van der Waals surface area contributed by atoms with Crippen molar-refractivity contribution in [1.29, 1.82) is 0 Å². The predicted octanol–water partition coefficient (Wildman–Crippen LogP) is 5.43. The summed E-state index contributed by atoms with van der Waals surface area (Å²) in [6.07, 6.45) is 6.69. The number of ether oxygens (including phenoxy) is 1. The van der Waals surface area contributed by atoms with Gasteiger partial charge in [0.25, 0.3) is 0 Å². The summed E-state index contributed by atoms with van der Waals surface area (Å²) >= 11 is 6.77. The number of benzene rings is 2. The van der Waals surface area contributed by atoms with Crippen LogP contribution in [0.25, 0.3) is 22.0 Å². The van der Waals surface area contributed by atoms with Crippen molar-refractivity contribution in [3.63, 3.8) is 0 Å². The zero-order valence-corrected chi connectivity index (χ0v) is 19.8. The van der Waals surface area contributed by atoms with Crippen LogP contribution in [-0.4, -0.2) is 48.2 Å². The standard InChI is InChI=1S/C27H31ClN2O3/c1-33-15-5-4-13-27(32,22-9-7-14-30(18-22)19-31)23-10-6-11-24(28)26(23)21-16-20-8-2-3-12-25(20)29-17-21/h2-3,6,8,10-12,16-17,19,22,32H,4-5,7,9,13-15,18H2,1H3/t22?,27-/m0/s1. The fraction of sp³-hybridized carbons (Fsp3) is 0.407. The Morgan fingerprint density at radius 1 is 1.24 bits per heavy atom. The van der Waals surface area contributed by atoms with Crippen LogP contribution in [0.5, 0.6) is 0 Å². The topological polar surface area (TPSA) is 62.7 Å². The van der Waals surface area contributed by atoms with Gasteiger partial charge in [0, 0.05) is 60.5 Å². The van der Waals surface area contributed by atoms with Gasteiger partial charge in [-0.25, -0.2) is 0 Å². The van der Waals surface area contributed by atoms with Gasteiger partial charge in [0.1, 0.15) is 0 Å². The van der Waals surface area contributed by atoms with Gasteiger partial charge in [0.2, 0.25) is 6.41 Å². The number of nitrogens with zero attached hydrogens (tertiary/aromatic N) is 2. The molecule has 1 aliphatic heterocycles. The van der Waals surface area contributed by atoms with Gasteiger partial charge >= 0.3 is 0 Å². The Kier molecular flexibility index (Phi) is 7.63. The zero-order chi connectivity index (χ0) is 23.3. The molecule has 0 bridgehead atoms. The maximum absolute atomic E-state index is 12.3. The van der Waals surface area contributed by atoms with Gasteiger partial charge < -0.3 is 14.7 Å². The van der Waals surface area contributed by atoms with Gasteiger partial charge in [-0.1, -0.05) is 41.9 Å². The van der Waals surface area contributed by atoms with Crippen LogP contribution >= 0.6 is 11.6 Å². The second-order valence-electron chi connectivity index (χ2n) is 8.89. The zero-order valence-electron chi connectivity index (χ0n) is 19.0. The van der Waals surface area contributed by atoms with Crippen LogP contribution in [0.3, 0.4) is 0 Å². The van der Waals surface area contributed by atoms with E-state index >= 15 is 0 Å². The molecule has 2 aromatic carbocycles. The maximum atomic E-state index is 12.3. The molecular formula is C27H31ClN2O3. The molecule has 4 rings (SSSR count). The lowest BCUT2D eigenvalue weighted by Gasteiger charge is -2.43. The molecule has 0 radical (unpaired) electrons. The van der Waals surface area contributed by atoms with Crippen LogP contribution in [0.15, 0.2) is 54.7 Å². The Bertz CT molecular complexity index is 1110. The Labute approximate surface area is 200 Å². The minimum absolute atomic E-state index is 0.0790. The molecular weight excluding hydrogens is 436 g/mol. The van der Waals surface area contributed by atoms with Crippen molar-refractivity contribution in [1.82, 2.24) is 9.88 Å². The molecule has 1 fully saturated rings. The lowest BCUT2D eigenvalue weighted by molar-refractivity contribution is -0.123. The largest absolute Gasteiger partial charge is 0.385 e.